The number of nitrogens with zero attached hydrogens (tertiary/aromatic N) is 4. The van der Waals surface area contributed by atoms with Gasteiger partial charge in [-0.05, 0) is 67.6 Å². The summed E-state index contributed by atoms with van der Waals surface area (Å²) in [6.45, 7) is 4.26. The molecule has 192 valence electrons. The molecule has 3 heterocycles. The highest BCUT2D eigenvalue weighted by Crippen LogP contribution is 2.35. The molecule has 1 amide bonds. The fraction of sp³-hybridized carbons (Fsp3) is 0.154. The number of amidine groups is 2. The van der Waals surface area contributed by atoms with E-state index in [2.05, 4.69) is 10.1 Å². The number of fused-ring (bicyclic) bond motifs is 1. The Hall–Kier alpha value is -4.71. The van der Waals surface area contributed by atoms with Crippen molar-refractivity contribution in [3.63, 3.8) is 0 Å². The molecule has 2 aliphatic heterocycles. The van der Waals surface area contributed by atoms with Gasteiger partial charge in [0.15, 0.2) is 5.84 Å². The second-order valence-electron chi connectivity index (χ2n) is 8.14. The average Bonchev–Trinajstić information content (AvgIpc) is 3.53. The van der Waals surface area contributed by atoms with Crippen molar-refractivity contribution in [2.75, 3.05) is 13.2 Å². The summed E-state index contributed by atoms with van der Waals surface area (Å²) >= 11 is 1.16. The first kappa shape index (κ1) is 25.0. The van der Waals surface area contributed by atoms with Crippen molar-refractivity contribution in [3.8, 4) is 22.8 Å². The summed E-state index contributed by atoms with van der Waals surface area (Å²) in [5.74, 6) is 0.776. The number of nitro groups is 1. The van der Waals surface area contributed by atoms with Gasteiger partial charge in [0.2, 0.25) is 5.17 Å². The zero-order valence-electron chi connectivity index (χ0n) is 20.3. The van der Waals surface area contributed by atoms with Crippen LogP contribution in [0.15, 0.2) is 74.7 Å². The predicted molar refractivity (Wildman–Crippen MR) is 144 cm³/mol. The van der Waals surface area contributed by atoms with Crippen molar-refractivity contribution in [3.05, 3.63) is 81.6 Å². The van der Waals surface area contributed by atoms with Crippen LogP contribution in [0.5, 0.6) is 11.5 Å². The number of para-hydroxylation sites is 1. The van der Waals surface area contributed by atoms with Crippen LogP contribution in [0.1, 0.15) is 18.2 Å². The van der Waals surface area contributed by atoms with Crippen LogP contribution in [0.2, 0.25) is 0 Å². The monoisotopic (exact) mass is 531 g/mol. The van der Waals surface area contributed by atoms with Crippen molar-refractivity contribution in [2.24, 2.45) is 10.1 Å². The van der Waals surface area contributed by atoms with E-state index in [9.17, 15) is 14.9 Å². The lowest BCUT2D eigenvalue weighted by atomic mass is 10.1. The van der Waals surface area contributed by atoms with Crippen LogP contribution in [-0.2, 0) is 4.79 Å². The maximum absolute atomic E-state index is 12.7. The van der Waals surface area contributed by atoms with Gasteiger partial charge in [-0.1, -0.05) is 18.2 Å². The van der Waals surface area contributed by atoms with E-state index in [-0.39, 0.29) is 46.0 Å². The summed E-state index contributed by atoms with van der Waals surface area (Å²) in [4.78, 5) is 27.9. The maximum Gasteiger partial charge on any atom is 0.284 e. The minimum absolute atomic E-state index is 0.0266. The summed E-state index contributed by atoms with van der Waals surface area (Å²) in [6, 6.07) is 15.2. The summed E-state index contributed by atoms with van der Waals surface area (Å²) < 4.78 is 17.0. The molecule has 1 N–H and O–H groups in total. The van der Waals surface area contributed by atoms with Gasteiger partial charge in [0.05, 0.1) is 28.7 Å². The van der Waals surface area contributed by atoms with Gasteiger partial charge in [-0.3, -0.25) is 20.3 Å². The lowest BCUT2D eigenvalue weighted by Gasteiger charge is -2.19. The van der Waals surface area contributed by atoms with Crippen molar-refractivity contribution in [2.45, 2.75) is 13.8 Å². The molecule has 0 bridgehead atoms. The number of nitrogens with one attached hydrogen (secondary N) is 1. The number of hydrogen-bond acceptors (Lipinski definition) is 9. The van der Waals surface area contributed by atoms with Gasteiger partial charge in [-0.2, -0.15) is 15.1 Å². The quantitative estimate of drug-likeness (QED) is 0.235. The topological polar surface area (TPSA) is 144 Å². The van der Waals surface area contributed by atoms with E-state index in [0.29, 0.717) is 17.4 Å². The van der Waals surface area contributed by atoms with Crippen LogP contribution >= 0.6 is 11.8 Å². The molecule has 38 heavy (non-hydrogen) atoms. The van der Waals surface area contributed by atoms with E-state index in [4.69, 9.17) is 19.3 Å². The van der Waals surface area contributed by atoms with Crippen molar-refractivity contribution in [1.82, 2.24) is 5.01 Å². The van der Waals surface area contributed by atoms with Crippen LogP contribution in [0.25, 0.3) is 17.4 Å². The third-order valence-corrected chi connectivity index (χ3v) is 6.48. The Kier molecular flexibility index (Phi) is 6.79. The van der Waals surface area contributed by atoms with Gasteiger partial charge in [0.25, 0.3) is 11.6 Å². The summed E-state index contributed by atoms with van der Waals surface area (Å²) in [7, 11) is 0. The molecule has 5 rings (SSSR count). The molecule has 0 saturated heterocycles. The Morgan fingerprint density at radius 3 is 2.76 bits per heavy atom. The second kappa shape index (κ2) is 10.3. The number of benzene rings is 2. The largest absolute Gasteiger partial charge is 0.494 e. The molecule has 0 radical (unpaired) electrons. The van der Waals surface area contributed by atoms with E-state index >= 15 is 0 Å². The number of hydrazone groups is 1. The van der Waals surface area contributed by atoms with Gasteiger partial charge in [0, 0.05) is 0 Å². The number of aryl methyl sites for hydroxylation is 1. The molecule has 3 aromatic rings. The number of aliphatic imine (C=N–C) groups is 1. The highest BCUT2D eigenvalue weighted by atomic mass is 32.2. The van der Waals surface area contributed by atoms with Crippen molar-refractivity contribution >= 4 is 45.5 Å². The van der Waals surface area contributed by atoms with Crippen LogP contribution < -0.4 is 9.47 Å². The lowest BCUT2D eigenvalue weighted by molar-refractivity contribution is -0.384. The molecule has 2 aliphatic rings. The number of furan rings is 1. The number of amides is 1. The zero-order valence-corrected chi connectivity index (χ0v) is 21.2. The highest BCUT2D eigenvalue weighted by molar-refractivity contribution is 8.27. The fourth-order valence-corrected chi connectivity index (χ4v) is 4.59. The molecule has 0 atom stereocenters. The molecule has 0 fully saturated rings. The van der Waals surface area contributed by atoms with E-state index < -0.39 is 10.8 Å². The molecule has 0 spiro atoms. The molecular weight excluding hydrogens is 510 g/mol. The normalized spacial score (nSPS) is 15.8. The smallest absolute Gasteiger partial charge is 0.284 e. The third-order valence-electron chi connectivity index (χ3n) is 5.60. The molecule has 0 saturated carbocycles. The Labute approximate surface area is 221 Å². The van der Waals surface area contributed by atoms with Gasteiger partial charge >= 0.3 is 0 Å². The molecule has 11 nitrogen and oxygen atoms in total. The standard InChI is InChI=1S/C26H21N5O6S/c1-3-35-16-8-10-18(20(13-16)31(33)34)22-11-9-17(37-22)12-19-24(27)30-26(28-25(19)32)38-23(29-30)14-36-21-7-5-4-6-15(21)2/h4-13,27H,3,14H2,1-2H3/b19-12-,27-24?. The Morgan fingerprint density at radius 1 is 1.18 bits per heavy atom. The molecule has 0 unspecified atom stereocenters. The summed E-state index contributed by atoms with van der Waals surface area (Å²) in [6.07, 6.45) is 1.37. The third kappa shape index (κ3) is 4.93. The highest BCUT2D eigenvalue weighted by Gasteiger charge is 2.36. The number of thioether (sulfide) groups is 1. The van der Waals surface area contributed by atoms with Crippen LogP contribution in [0.4, 0.5) is 5.69 Å². The van der Waals surface area contributed by atoms with Gasteiger partial charge in [0.1, 0.15) is 34.7 Å². The predicted octanol–water partition coefficient (Wildman–Crippen LogP) is 5.26. The molecule has 0 aliphatic carbocycles. The number of rotatable bonds is 8. The SMILES string of the molecule is CCOc1ccc(-c2ccc(/C=C3/C(=N)N4N=C(COc5ccccc5C)SC4=NC3=O)o2)c([N+](=O)[O-])c1. The van der Waals surface area contributed by atoms with Crippen LogP contribution in [0.3, 0.4) is 0 Å². The Balaban J connectivity index is 1.36. The van der Waals surface area contributed by atoms with Gasteiger partial charge in [-0.25, -0.2) is 0 Å². The first-order valence-corrected chi connectivity index (χ1v) is 12.3. The summed E-state index contributed by atoms with van der Waals surface area (Å²) in [5.41, 5.74) is 1.03. The number of carbonyl (C=O) groups is 1. The number of hydrogen-bond donors (Lipinski definition) is 1. The first-order chi connectivity index (χ1) is 18.3. The maximum atomic E-state index is 12.7. The molecule has 1 aromatic heterocycles. The first-order valence-electron chi connectivity index (χ1n) is 11.5. The summed E-state index contributed by atoms with van der Waals surface area (Å²) in [5, 5.41) is 26.6. The number of carbonyl (C=O) groups excluding carboxylic acids is 1. The number of ether oxygens (including phenoxy) is 2. The zero-order chi connectivity index (χ0) is 26.8. The second-order valence-corrected chi connectivity index (χ2v) is 9.18. The van der Waals surface area contributed by atoms with Crippen molar-refractivity contribution < 1.29 is 23.6 Å². The van der Waals surface area contributed by atoms with E-state index in [1.54, 1.807) is 31.2 Å². The minimum atomic E-state index is -0.616. The Morgan fingerprint density at radius 2 is 2.00 bits per heavy atom. The van der Waals surface area contributed by atoms with Gasteiger partial charge in [-0.15, -0.1) is 0 Å². The Bertz CT molecular complexity index is 1560. The van der Waals surface area contributed by atoms with E-state index in [0.717, 1.165) is 23.1 Å². The van der Waals surface area contributed by atoms with Crippen LogP contribution in [0, 0.1) is 22.4 Å². The minimum Gasteiger partial charge on any atom is -0.494 e. The number of nitro benzene ring substituents is 1. The molecule has 2 aromatic carbocycles. The van der Waals surface area contributed by atoms with Crippen LogP contribution in [-0.4, -0.2) is 45.1 Å². The average molecular weight is 532 g/mol. The van der Waals surface area contributed by atoms with E-state index in [1.165, 1.54) is 17.2 Å². The van der Waals surface area contributed by atoms with Crippen molar-refractivity contribution in [1.29, 1.82) is 5.41 Å². The molecular formula is C26H21N5O6S. The molecule has 12 heteroatoms. The fourth-order valence-electron chi connectivity index (χ4n) is 3.79. The van der Waals surface area contributed by atoms with E-state index in [1.807, 2.05) is 31.2 Å². The lowest BCUT2D eigenvalue weighted by Crippen LogP contribution is -2.35. The van der Waals surface area contributed by atoms with Gasteiger partial charge < -0.3 is 13.9 Å².